The molecule has 2 aliphatic rings. The molecule has 9 nitrogen and oxygen atoms in total. The first-order chi connectivity index (χ1) is 17.9. The molecule has 0 spiro atoms. The van der Waals surface area contributed by atoms with E-state index in [0.29, 0.717) is 46.7 Å². The Morgan fingerprint density at radius 1 is 1.27 bits per heavy atom. The zero-order valence-electron chi connectivity index (χ0n) is 20.9. The first-order valence-corrected chi connectivity index (χ1v) is 12.4. The molecule has 1 fully saturated rings. The number of carbonyl (C=O) groups is 1. The van der Waals surface area contributed by atoms with Crippen LogP contribution in [-0.2, 0) is 11.8 Å². The molecule has 37 heavy (non-hydrogen) atoms. The van der Waals surface area contributed by atoms with E-state index in [1.807, 2.05) is 26.4 Å². The third-order valence-corrected chi connectivity index (χ3v) is 7.54. The molecule has 1 aliphatic carbocycles. The summed E-state index contributed by atoms with van der Waals surface area (Å²) in [7, 11) is 1.87. The lowest BCUT2D eigenvalue weighted by atomic mass is 9.97. The maximum absolute atomic E-state index is 15.4. The van der Waals surface area contributed by atoms with E-state index in [4.69, 9.17) is 10.5 Å². The highest BCUT2D eigenvalue weighted by Gasteiger charge is 2.54. The molecule has 0 radical (unpaired) electrons. The second-order valence-corrected chi connectivity index (χ2v) is 9.75. The Labute approximate surface area is 213 Å². The van der Waals surface area contributed by atoms with Crippen LogP contribution >= 0.6 is 0 Å². The molecule has 1 saturated carbocycles. The fourth-order valence-electron chi connectivity index (χ4n) is 5.57. The molecule has 3 atom stereocenters. The Balaban J connectivity index is 1.32. The zero-order valence-corrected chi connectivity index (χ0v) is 20.9. The van der Waals surface area contributed by atoms with Gasteiger partial charge in [-0.2, -0.15) is 5.10 Å². The number of rotatable bonds is 5. The van der Waals surface area contributed by atoms with Gasteiger partial charge in [0.2, 0.25) is 11.8 Å². The van der Waals surface area contributed by atoms with E-state index in [1.165, 1.54) is 6.20 Å². The van der Waals surface area contributed by atoms with Crippen LogP contribution in [0.5, 0.6) is 5.88 Å². The number of aryl methyl sites for hydroxylation is 1. The quantitative estimate of drug-likeness (QED) is 0.350. The number of nitrogen functional groups attached to an aromatic ring is 1. The van der Waals surface area contributed by atoms with Crippen molar-refractivity contribution in [2.45, 2.75) is 26.2 Å². The van der Waals surface area contributed by atoms with Gasteiger partial charge in [-0.3, -0.25) is 9.48 Å². The first-order valence-electron chi connectivity index (χ1n) is 12.4. The van der Waals surface area contributed by atoms with Crippen molar-refractivity contribution in [2.75, 3.05) is 29.5 Å². The smallest absolute Gasteiger partial charge is 0.237 e. The van der Waals surface area contributed by atoms with Gasteiger partial charge in [0.1, 0.15) is 18.1 Å². The van der Waals surface area contributed by atoms with Crippen molar-refractivity contribution in [3.05, 3.63) is 53.9 Å². The molecule has 6 rings (SSSR count). The average molecular weight is 502 g/mol. The second kappa shape index (κ2) is 8.72. The van der Waals surface area contributed by atoms with Gasteiger partial charge in [-0.25, -0.2) is 14.4 Å². The standard InChI is InChI=1S/C27H28FN7O2/c1-4-16-21(15-9-33-35(3)12-15)22(16)26(36)34-20-8-14-7-17(23(28)24(29)19(14)11-31-20)18-10-32-27-25(13(18)2)30-5-6-37-27/h7-12,16,21-22,30H,4-6,29H2,1-3H3,(H,31,34,36)/t16-,21+,22+/m0/s1. The summed E-state index contributed by atoms with van der Waals surface area (Å²) in [6.07, 6.45) is 7.80. The van der Waals surface area contributed by atoms with Crippen molar-refractivity contribution >= 4 is 33.9 Å². The highest BCUT2D eigenvalue weighted by Crippen LogP contribution is 2.56. The highest BCUT2D eigenvalue weighted by atomic mass is 19.1. The maximum atomic E-state index is 15.4. The van der Waals surface area contributed by atoms with E-state index >= 15 is 4.39 Å². The largest absolute Gasteiger partial charge is 0.474 e. The van der Waals surface area contributed by atoms with Crippen LogP contribution in [0.2, 0.25) is 0 Å². The Bertz CT molecular complexity index is 1550. The fourth-order valence-corrected chi connectivity index (χ4v) is 5.57. The van der Waals surface area contributed by atoms with E-state index in [2.05, 4.69) is 32.6 Å². The molecule has 1 amide bonds. The number of ether oxygens (including phenoxy) is 1. The van der Waals surface area contributed by atoms with Gasteiger partial charge >= 0.3 is 0 Å². The summed E-state index contributed by atoms with van der Waals surface area (Å²) in [6.45, 7) is 5.17. The molecule has 4 aromatic rings. The van der Waals surface area contributed by atoms with Gasteiger partial charge in [-0.05, 0) is 41.5 Å². The van der Waals surface area contributed by atoms with Crippen molar-refractivity contribution in [3.8, 4) is 17.0 Å². The van der Waals surface area contributed by atoms with Crippen LogP contribution in [0.1, 0.15) is 30.4 Å². The Hall–Kier alpha value is -4.21. The summed E-state index contributed by atoms with van der Waals surface area (Å²) in [6, 6.07) is 3.46. The predicted molar refractivity (Wildman–Crippen MR) is 140 cm³/mol. The van der Waals surface area contributed by atoms with Crippen LogP contribution in [0.25, 0.3) is 21.9 Å². The number of nitrogens with zero attached hydrogens (tertiary/aromatic N) is 4. The molecular formula is C27H28FN7O2. The van der Waals surface area contributed by atoms with Crippen molar-refractivity contribution in [3.63, 3.8) is 0 Å². The van der Waals surface area contributed by atoms with Gasteiger partial charge in [-0.15, -0.1) is 0 Å². The number of anilines is 3. The molecule has 0 saturated heterocycles. The fraction of sp³-hybridized carbons (Fsp3) is 0.333. The van der Waals surface area contributed by atoms with E-state index in [0.717, 1.165) is 23.2 Å². The summed E-state index contributed by atoms with van der Waals surface area (Å²) in [5.41, 5.74) is 9.81. The molecule has 1 aromatic carbocycles. The molecule has 1 aliphatic heterocycles. The second-order valence-electron chi connectivity index (χ2n) is 9.75. The number of aromatic nitrogens is 4. The number of amides is 1. The summed E-state index contributed by atoms with van der Waals surface area (Å²) in [5, 5.41) is 11.6. The number of fused-ring (bicyclic) bond motifs is 2. The van der Waals surface area contributed by atoms with Crippen LogP contribution in [-0.4, -0.2) is 38.8 Å². The van der Waals surface area contributed by atoms with Gasteiger partial charge < -0.3 is 21.1 Å². The minimum absolute atomic E-state index is 0.00379. The summed E-state index contributed by atoms with van der Waals surface area (Å²) in [4.78, 5) is 21.9. The summed E-state index contributed by atoms with van der Waals surface area (Å²) in [5.74, 6) is 0.562. The zero-order chi connectivity index (χ0) is 25.8. The topological polar surface area (TPSA) is 120 Å². The lowest BCUT2D eigenvalue weighted by Gasteiger charge is -2.22. The van der Waals surface area contributed by atoms with E-state index in [1.54, 1.807) is 23.0 Å². The Kier molecular flexibility index (Phi) is 5.47. The molecule has 190 valence electrons. The molecule has 4 heterocycles. The van der Waals surface area contributed by atoms with Gasteiger partial charge in [0.05, 0.1) is 11.9 Å². The van der Waals surface area contributed by atoms with Crippen LogP contribution in [0.4, 0.5) is 21.6 Å². The van der Waals surface area contributed by atoms with E-state index in [9.17, 15) is 4.79 Å². The van der Waals surface area contributed by atoms with Gasteiger partial charge in [0.15, 0.2) is 5.82 Å². The number of benzene rings is 1. The number of carbonyl (C=O) groups excluding carboxylic acids is 1. The van der Waals surface area contributed by atoms with Crippen molar-refractivity contribution in [2.24, 2.45) is 18.9 Å². The molecule has 10 heteroatoms. The number of nitrogens with two attached hydrogens (primary N) is 1. The number of hydrogen-bond donors (Lipinski definition) is 3. The maximum Gasteiger partial charge on any atom is 0.237 e. The van der Waals surface area contributed by atoms with Gasteiger partial charge in [0.25, 0.3) is 0 Å². The lowest BCUT2D eigenvalue weighted by Crippen LogP contribution is -2.20. The number of hydrogen-bond acceptors (Lipinski definition) is 7. The summed E-state index contributed by atoms with van der Waals surface area (Å²) >= 11 is 0. The molecular weight excluding hydrogens is 473 g/mol. The minimum atomic E-state index is -0.532. The average Bonchev–Trinajstić information content (AvgIpc) is 3.49. The third-order valence-electron chi connectivity index (χ3n) is 7.54. The number of nitrogens with one attached hydrogen (secondary N) is 2. The predicted octanol–water partition coefficient (Wildman–Crippen LogP) is 4.24. The minimum Gasteiger partial charge on any atom is -0.474 e. The summed E-state index contributed by atoms with van der Waals surface area (Å²) < 4.78 is 22.8. The van der Waals surface area contributed by atoms with Crippen molar-refractivity contribution in [1.82, 2.24) is 19.7 Å². The van der Waals surface area contributed by atoms with E-state index < -0.39 is 5.82 Å². The Morgan fingerprint density at radius 3 is 2.86 bits per heavy atom. The first kappa shape index (κ1) is 23.2. The molecule has 4 N–H and O–H groups in total. The molecule has 3 aromatic heterocycles. The van der Waals surface area contributed by atoms with Crippen LogP contribution in [0.15, 0.2) is 36.9 Å². The van der Waals surface area contributed by atoms with Gasteiger partial charge in [-0.1, -0.05) is 13.3 Å². The van der Waals surface area contributed by atoms with Crippen molar-refractivity contribution < 1.29 is 13.9 Å². The highest BCUT2D eigenvalue weighted by molar-refractivity contribution is 6.01. The third kappa shape index (κ3) is 3.83. The normalized spacial score (nSPS) is 20.2. The van der Waals surface area contributed by atoms with Gasteiger partial charge in [0, 0.05) is 60.5 Å². The molecule has 0 bridgehead atoms. The van der Waals surface area contributed by atoms with Crippen molar-refractivity contribution in [1.29, 1.82) is 0 Å². The molecule has 0 unspecified atom stereocenters. The monoisotopic (exact) mass is 501 g/mol. The van der Waals surface area contributed by atoms with Crippen LogP contribution in [0.3, 0.4) is 0 Å². The Morgan fingerprint density at radius 2 is 2.11 bits per heavy atom. The number of halogens is 1. The number of pyridine rings is 2. The van der Waals surface area contributed by atoms with Crippen LogP contribution in [0, 0.1) is 24.6 Å². The lowest BCUT2D eigenvalue weighted by molar-refractivity contribution is -0.117. The van der Waals surface area contributed by atoms with Crippen LogP contribution < -0.4 is 21.1 Å². The SMILES string of the molecule is CC[C@@H]1[C@@H](C(=O)Nc2cc3cc(-c4cnc5c(c4C)NCCO5)c(F)c(N)c3cn2)[C@@H]1c1cnn(C)c1. The van der Waals surface area contributed by atoms with E-state index in [-0.39, 0.29) is 29.3 Å².